The number of nitrogens with zero attached hydrogens (tertiary/aromatic N) is 2. The summed E-state index contributed by atoms with van der Waals surface area (Å²) in [5.74, 6) is 0.122. The van der Waals surface area contributed by atoms with Crippen molar-refractivity contribution in [2.24, 2.45) is 0 Å². The molecule has 2 aromatic carbocycles. The monoisotopic (exact) mass is 420 g/mol. The minimum atomic E-state index is -2.95. The van der Waals surface area contributed by atoms with Crippen molar-refractivity contribution in [2.45, 2.75) is 27.0 Å². The lowest BCUT2D eigenvalue weighted by Crippen LogP contribution is -2.20. The number of hydrogen-bond donors (Lipinski definition) is 2. The summed E-state index contributed by atoms with van der Waals surface area (Å²) in [7, 11) is 0. The maximum Gasteiger partial charge on any atom is 0.387 e. The molecule has 152 valence electrons. The molecule has 0 radical (unpaired) electrons. The van der Waals surface area contributed by atoms with Gasteiger partial charge in [-0.15, -0.1) is 0 Å². The van der Waals surface area contributed by atoms with Gasteiger partial charge in [0.25, 0.3) is 0 Å². The third-order valence-electron chi connectivity index (χ3n) is 4.10. The molecule has 0 atom stereocenters. The van der Waals surface area contributed by atoms with E-state index in [1.54, 1.807) is 41.1 Å². The number of nitrogens with one attached hydrogen (secondary N) is 2. The van der Waals surface area contributed by atoms with E-state index in [2.05, 4.69) is 20.5 Å². The molecule has 0 aliphatic carbocycles. The fraction of sp³-hybridized carbons (Fsp3) is 0.200. The zero-order valence-electron chi connectivity index (χ0n) is 15.7. The largest absolute Gasteiger partial charge is 0.433 e. The van der Waals surface area contributed by atoms with Gasteiger partial charge in [0.2, 0.25) is 0 Å². The molecule has 0 fully saturated rings. The van der Waals surface area contributed by atoms with E-state index in [0.29, 0.717) is 17.1 Å². The summed E-state index contributed by atoms with van der Waals surface area (Å²) in [5, 5.41) is 10.3. The highest BCUT2D eigenvalue weighted by atomic mass is 32.1. The van der Waals surface area contributed by atoms with Gasteiger partial charge in [0.05, 0.1) is 12.2 Å². The Morgan fingerprint density at radius 2 is 1.90 bits per heavy atom. The predicted molar refractivity (Wildman–Crippen MR) is 110 cm³/mol. The number of thiocarbonyl (C=S) groups is 1. The molecule has 1 heterocycles. The lowest BCUT2D eigenvalue weighted by atomic mass is 10.2. The first-order valence-corrected chi connectivity index (χ1v) is 9.14. The second kappa shape index (κ2) is 8.95. The molecular weight excluding hydrogens is 401 g/mol. The number of hydrogen-bond acceptors (Lipinski definition) is 3. The van der Waals surface area contributed by atoms with Crippen LogP contribution < -0.4 is 15.4 Å². The molecule has 5 nitrogen and oxygen atoms in total. The van der Waals surface area contributed by atoms with Gasteiger partial charge in [-0.3, -0.25) is 4.68 Å². The second-order valence-electron chi connectivity index (χ2n) is 6.38. The van der Waals surface area contributed by atoms with Crippen LogP contribution in [-0.2, 0) is 6.54 Å². The van der Waals surface area contributed by atoms with Crippen molar-refractivity contribution in [2.75, 3.05) is 10.6 Å². The first kappa shape index (κ1) is 20.7. The molecule has 0 saturated carbocycles. The molecule has 9 heteroatoms. The van der Waals surface area contributed by atoms with Crippen molar-refractivity contribution in [1.82, 2.24) is 9.78 Å². The van der Waals surface area contributed by atoms with Crippen molar-refractivity contribution in [3.63, 3.8) is 0 Å². The fourth-order valence-corrected chi connectivity index (χ4v) is 2.94. The van der Waals surface area contributed by atoms with Crippen LogP contribution in [0.5, 0.6) is 5.75 Å². The number of benzene rings is 2. The van der Waals surface area contributed by atoms with Crippen LogP contribution in [0.4, 0.5) is 24.7 Å². The molecule has 0 aliphatic rings. The summed E-state index contributed by atoms with van der Waals surface area (Å²) in [6.45, 7) is 0.980. The fourth-order valence-electron chi connectivity index (χ4n) is 2.73. The zero-order valence-corrected chi connectivity index (χ0v) is 16.6. The average Bonchev–Trinajstić information content (AvgIpc) is 2.98. The normalized spacial score (nSPS) is 10.8. The first-order valence-electron chi connectivity index (χ1n) is 8.73. The molecule has 0 unspecified atom stereocenters. The molecule has 2 N–H and O–H groups in total. The average molecular weight is 420 g/mol. The van der Waals surface area contributed by atoms with E-state index in [9.17, 15) is 13.2 Å². The third-order valence-corrected chi connectivity index (χ3v) is 4.30. The van der Waals surface area contributed by atoms with Crippen LogP contribution in [0.2, 0.25) is 0 Å². The Morgan fingerprint density at radius 1 is 1.14 bits per heavy atom. The topological polar surface area (TPSA) is 51.1 Å². The van der Waals surface area contributed by atoms with Gasteiger partial charge in [0, 0.05) is 17.3 Å². The van der Waals surface area contributed by atoms with Crippen molar-refractivity contribution in [3.05, 3.63) is 71.2 Å². The number of rotatable bonds is 6. The van der Waals surface area contributed by atoms with Gasteiger partial charge in [-0.25, -0.2) is 4.39 Å². The number of halogens is 3. The number of ether oxygens (including phenoxy) is 1. The zero-order chi connectivity index (χ0) is 21.0. The molecule has 3 rings (SSSR count). The standard InChI is InChI=1S/C20H19F3N4OS/c1-12-7-8-17(28-19(22)23)16(9-12)24-20(29)25-18-10-13(2)27(26-18)11-14-5-3-4-6-15(14)21/h3-10,19H,11H2,1-2H3,(H2,24,25,26,29). The number of aromatic nitrogens is 2. The molecule has 0 spiro atoms. The van der Waals surface area contributed by atoms with Gasteiger partial charge < -0.3 is 15.4 Å². The van der Waals surface area contributed by atoms with Crippen LogP contribution in [-0.4, -0.2) is 21.5 Å². The molecule has 3 aromatic rings. The van der Waals surface area contributed by atoms with Gasteiger partial charge in [-0.2, -0.15) is 13.9 Å². The van der Waals surface area contributed by atoms with Gasteiger partial charge >= 0.3 is 6.61 Å². The van der Waals surface area contributed by atoms with Crippen molar-refractivity contribution in [1.29, 1.82) is 0 Å². The summed E-state index contributed by atoms with van der Waals surface area (Å²) >= 11 is 5.26. The lowest BCUT2D eigenvalue weighted by molar-refractivity contribution is -0.0493. The van der Waals surface area contributed by atoms with Gasteiger partial charge in [-0.1, -0.05) is 24.3 Å². The van der Waals surface area contributed by atoms with Crippen LogP contribution in [0.1, 0.15) is 16.8 Å². The highest BCUT2D eigenvalue weighted by molar-refractivity contribution is 7.80. The van der Waals surface area contributed by atoms with Crippen LogP contribution in [0.3, 0.4) is 0 Å². The number of alkyl halides is 2. The van der Waals surface area contributed by atoms with E-state index in [-0.39, 0.29) is 23.2 Å². The van der Waals surface area contributed by atoms with Crippen molar-refractivity contribution >= 4 is 28.8 Å². The highest BCUT2D eigenvalue weighted by Gasteiger charge is 2.13. The van der Waals surface area contributed by atoms with E-state index in [0.717, 1.165) is 11.3 Å². The summed E-state index contributed by atoms with van der Waals surface area (Å²) in [6, 6.07) is 13.0. The highest BCUT2D eigenvalue weighted by Crippen LogP contribution is 2.27. The Kier molecular flexibility index (Phi) is 6.38. The summed E-state index contributed by atoms with van der Waals surface area (Å²) in [6.07, 6.45) is 0. The SMILES string of the molecule is Cc1ccc(OC(F)F)c(NC(=S)Nc2cc(C)n(Cc3ccccc3F)n2)c1. The summed E-state index contributed by atoms with van der Waals surface area (Å²) < 4.78 is 45.2. The Hall–Kier alpha value is -3.07. The number of anilines is 2. The van der Waals surface area contributed by atoms with Crippen molar-refractivity contribution in [3.8, 4) is 5.75 Å². The van der Waals surface area contributed by atoms with E-state index >= 15 is 0 Å². The van der Waals surface area contributed by atoms with Crippen LogP contribution in [0, 0.1) is 19.7 Å². The lowest BCUT2D eigenvalue weighted by Gasteiger charge is -2.14. The maximum atomic E-state index is 13.9. The van der Waals surface area contributed by atoms with E-state index in [1.807, 2.05) is 13.8 Å². The molecule has 1 aromatic heterocycles. The molecule has 0 amide bonds. The quantitative estimate of drug-likeness (QED) is 0.544. The predicted octanol–water partition coefficient (Wildman–Crippen LogP) is 5.10. The van der Waals surface area contributed by atoms with Gasteiger partial charge in [-0.05, 0) is 49.8 Å². The minimum absolute atomic E-state index is 0.0176. The van der Waals surface area contributed by atoms with Crippen LogP contribution in [0.15, 0.2) is 48.5 Å². The third kappa shape index (κ3) is 5.47. The minimum Gasteiger partial charge on any atom is -0.433 e. The van der Waals surface area contributed by atoms with E-state index < -0.39 is 6.61 Å². The Labute approximate surface area is 171 Å². The maximum absolute atomic E-state index is 13.9. The van der Waals surface area contributed by atoms with E-state index in [1.165, 1.54) is 12.1 Å². The van der Waals surface area contributed by atoms with Gasteiger partial charge in [0.15, 0.2) is 10.9 Å². The smallest absolute Gasteiger partial charge is 0.387 e. The molecule has 0 bridgehead atoms. The Bertz CT molecular complexity index is 1020. The van der Waals surface area contributed by atoms with E-state index in [4.69, 9.17) is 12.2 Å². The number of aryl methyl sites for hydroxylation is 2. The second-order valence-corrected chi connectivity index (χ2v) is 6.79. The first-order chi connectivity index (χ1) is 13.8. The molecule has 0 saturated heterocycles. The van der Waals surface area contributed by atoms with Gasteiger partial charge in [0.1, 0.15) is 11.6 Å². The van der Waals surface area contributed by atoms with Crippen molar-refractivity contribution < 1.29 is 17.9 Å². The molecule has 0 aliphatic heterocycles. The van der Waals surface area contributed by atoms with Crippen LogP contribution in [0.25, 0.3) is 0 Å². The summed E-state index contributed by atoms with van der Waals surface area (Å²) in [4.78, 5) is 0. The Morgan fingerprint density at radius 3 is 2.62 bits per heavy atom. The summed E-state index contributed by atoms with van der Waals surface area (Å²) in [5.41, 5.74) is 2.47. The molecular formula is C20H19F3N4OS. The van der Waals surface area contributed by atoms with Crippen LogP contribution >= 0.6 is 12.2 Å². The molecule has 29 heavy (non-hydrogen) atoms. The Balaban J connectivity index is 1.71.